The first-order chi connectivity index (χ1) is 23.0. The van der Waals surface area contributed by atoms with Gasteiger partial charge in [0.05, 0.1) is 11.4 Å². The van der Waals surface area contributed by atoms with E-state index in [1.807, 2.05) is 42.7 Å². The molecule has 0 spiro atoms. The molecule has 0 bridgehead atoms. The molecule has 47 heavy (non-hydrogen) atoms. The number of hydrogen-bond acceptors (Lipinski definition) is 3. The number of fused-ring (bicyclic) bond motifs is 6. The highest BCUT2D eigenvalue weighted by Gasteiger charge is 2.35. The van der Waals surface area contributed by atoms with Gasteiger partial charge in [0, 0.05) is 34.5 Å². The lowest BCUT2D eigenvalue weighted by Crippen LogP contribution is -2.14. The number of nitrogens with zero attached hydrogens (tertiary/aromatic N) is 3. The van der Waals surface area contributed by atoms with Crippen LogP contribution < -0.4 is 0 Å². The molecule has 3 heteroatoms. The van der Waals surface area contributed by atoms with E-state index < -0.39 is 0 Å². The number of hydrogen-bond donors (Lipinski definition) is 0. The molecule has 0 fully saturated rings. The molecule has 0 saturated carbocycles. The minimum absolute atomic E-state index is 0.0417. The highest BCUT2D eigenvalue weighted by Crippen LogP contribution is 2.50. The first-order valence-electron chi connectivity index (χ1n) is 16.1. The lowest BCUT2D eigenvalue weighted by atomic mass is 9.81. The molecule has 0 atom stereocenters. The minimum atomic E-state index is -0.0417. The number of aromatic nitrogens is 3. The van der Waals surface area contributed by atoms with Crippen LogP contribution in [0.3, 0.4) is 0 Å². The number of benzene rings is 6. The zero-order chi connectivity index (χ0) is 31.5. The second-order valence-electron chi connectivity index (χ2n) is 12.9. The predicted molar refractivity (Wildman–Crippen MR) is 194 cm³/mol. The number of pyridine rings is 1. The summed E-state index contributed by atoms with van der Waals surface area (Å²) >= 11 is 0. The lowest BCUT2D eigenvalue weighted by molar-refractivity contribution is 0.661. The molecular formula is C44H31N3. The Bertz CT molecular complexity index is 2480. The Balaban J connectivity index is 1.21. The van der Waals surface area contributed by atoms with Gasteiger partial charge in [-0.05, 0) is 91.3 Å². The van der Waals surface area contributed by atoms with Crippen molar-refractivity contribution in [3.63, 3.8) is 0 Å². The summed E-state index contributed by atoms with van der Waals surface area (Å²) in [6, 6.07) is 49.8. The summed E-state index contributed by atoms with van der Waals surface area (Å²) in [4.78, 5) is 14.5. The summed E-state index contributed by atoms with van der Waals surface area (Å²) in [6.07, 6.45) is 3.67. The van der Waals surface area contributed by atoms with Gasteiger partial charge in [0.1, 0.15) is 0 Å². The van der Waals surface area contributed by atoms with Crippen molar-refractivity contribution in [3.8, 4) is 56.2 Å². The topological polar surface area (TPSA) is 38.7 Å². The van der Waals surface area contributed by atoms with Crippen LogP contribution in [0.5, 0.6) is 0 Å². The third-order valence-electron chi connectivity index (χ3n) is 9.79. The first kappa shape index (κ1) is 27.4. The monoisotopic (exact) mass is 601 g/mol. The maximum Gasteiger partial charge on any atom is 0.160 e. The van der Waals surface area contributed by atoms with Gasteiger partial charge in [-0.2, -0.15) is 0 Å². The Kier molecular flexibility index (Phi) is 6.16. The van der Waals surface area contributed by atoms with E-state index in [-0.39, 0.29) is 5.41 Å². The largest absolute Gasteiger partial charge is 0.265 e. The lowest BCUT2D eigenvalue weighted by Gasteiger charge is -2.22. The van der Waals surface area contributed by atoms with Gasteiger partial charge in [-0.3, -0.25) is 4.98 Å². The van der Waals surface area contributed by atoms with E-state index in [0.29, 0.717) is 5.82 Å². The van der Waals surface area contributed by atoms with Crippen molar-refractivity contribution in [3.05, 3.63) is 163 Å². The van der Waals surface area contributed by atoms with Crippen molar-refractivity contribution in [2.45, 2.75) is 19.3 Å². The van der Waals surface area contributed by atoms with Gasteiger partial charge in [0.25, 0.3) is 0 Å². The van der Waals surface area contributed by atoms with Crippen molar-refractivity contribution in [2.24, 2.45) is 0 Å². The number of rotatable bonds is 4. The summed E-state index contributed by atoms with van der Waals surface area (Å²) < 4.78 is 0. The molecule has 1 aliphatic rings. The third-order valence-corrected chi connectivity index (χ3v) is 9.79. The Morgan fingerprint density at radius 2 is 1.11 bits per heavy atom. The normalized spacial score (nSPS) is 13.1. The van der Waals surface area contributed by atoms with Crippen molar-refractivity contribution in [1.29, 1.82) is 0 Å². The summed E-state index contributed by atoms with van der Waals surface area (Å²) in [5.74, 6) is 0.707. The van der Waals surface area contributed by atoms with Crippen molar-refractivity contribution in [2.75, 3.05) is 0 Å². The van der Waals surface area contributed by atoms with Crippen LogP contribution >= 0.6 is 0 Å². The van der Waals surface area contributed by atoms with E-state index in [9.17, 15) is 0 Å². The molecule has 0 radical (unpaired) electrons. The van der Waals surface area contributed by atoms with E-state index in [1.165, 1.54) is 43.8 Å². The maximum atomic E-state index is 5.14. The zero-order valence-corrected chi connectivity index (χ0v) is 26.3. The molecule has 0 unspecified atom stereocenters. The van der Waals surface area contributed by atoms with Crippen LogP contribution in [0.1, 0.15) is 25.0 Å². The van der Waals surface area contributed by atoms with E-state index >= 15 is 0 Å². The predicted octanol–water partition coefficient (Wildman–Crippen LogP) is 11.2. The second kappa shape index (κ2) is 10.6. The van der Waals surface area contributed by atoms with Gasteiger partial charge >= 0.3 is 0 Å². The van der Waals surface area contributed by atoms with Gasteiger partial charge < -0.3 is 0 Å². The molecular weight excluding hydrogens is 571 g/mol. The van der Waals surface area contributed by atoms with Crippen LogP contribution in [0.25, 0.3) is 77.7 Å². The molecule has 6 aromatic carbocycles. The molecule has 0 saturated heterocycles. The quantitative estimate of drug-likeness (QED) is 0.188. The Morgan fingerprint density at radius 3 is 1.91 bits per heavy atom. The Hall–Kier alpha value is -5.93. The molecule has 222 valence electrons. The molecule has 0 aliphatic heterocycles. The molecule has 3 nitrogen and oxygen atoms in total. The van der Waals surface area contributed by atoms with E-state index in [0.717, 1.165) is 39.2 Å². The van der Waals surface area contributed by atoms with Gasteiger partial charge in [-0.1, -0.05) is 117 Å². The van der Waals surface area contributed by atoms with E-state index in [2.05, 4.69) is 128 Å². The van der Waals surface area contributed by atoms with Gasteiger partial charge in [-0.15, -0.1) is 0 Å². The summed E-state index contributed by atoms with van der Waals surface area (Å²) in [7, 11) is 0. The molecule has 8 aromatic rings. The highest BCUT2D eigenvalue weighted by molar-refractivity contribution is 6.10. The molecule has 2 heterocycles. The van der Waals surface area contributed by atoms with Crippen molar-refractivity contribution < 1.29 is 0 Å². The van der Waals surface area contributed by atoms with Crippen LogP contribution in [0, 0.1) is 0 Å². The smallest absolute Gasteiger partial charge is 0.160 e. The first-order valence-corrected chi connectivity index (χ1v) is 16.1. The van der Waals surface area contributed by atoms with Crippen molar-refractivity contribution in [1.82, 2.24) is 15.0 Å². The third kappa shape index (κ3) is 4.46. The van der Waals surface area contributed by atoms with Gasteiger partial charge in [0.2, 0.25) is 0 Å². The Labute approximate surface area is 274 Å². The molecule has 0 amide bonds. The fraction of sp³-hybridized carbons (Fsp3) is 0.0682. The van der Waals surface area contributed by atoms with Crippen LogP contribution in [-0.2, 0) is 5.41 Å². The zero-order valence-electron chi connectivity index (χ0n) is 26.3. The summed E-state index contributed by atoms with van der Waals surface area (Å²) in [6.45, 7) is 4.69. The van der Waals surface area contributed by atoms with E-state index in [1.54, 1.807) is 0 Å². The second-order valence-corrected chi connectivity index (χ2v) is 12.9. The van der Waals surface area contributed by atoms with Crippen LogP contribution in [-0.4, -0.2) is 15.0 Å². The molecule has 9 rings (SSSR count). The van der Waals surface area contributed by atoms with Crippen LogP contribution in [0.4, 0.5) is 0 Å². The van der Waals surface area contributed by atoms with Crippen LogP contribution in [0.15, 0.2) is 152 Å². The molecule has 2 aromatic heterocycles. The Morgan fingerprint density at radius 1 is 0.426 bits per heavy atom. The van der Waals surface area contributed by atoms with E-state index in [4.69, 9.17) is 9.97 Å². The summed E-state index contributed by atoms with van der Waals surface area (Å²) in [5, 5.41) is 5.00. The fourth-order valence-electron chi connectivity index (χ4n) is 7.36. The minimum Gasteiger partial charge on any atom is -0.265 e. The standard InChI is InChI=1S/C44H31N3/c1-44(2)39-15-9-8-13-35(39)38-25-31-17-16-30-24-32(18-19-34(30)37(31)26-40(38)44)41-27-42(47-43(46-41)29-10-4-3-5-11-29)36-14-7-6-12-33(36)28-20-22-45-23-21-28/h3-27H,1-2H3. The average Bonchev–Trinajstić information content (AvgIpc) is 3.36. The van der Waals surface area contributed by atoms with Crippen molar-refractivity contribution >= 4 is 21.5 Å². The maximum absolute atomic E-state index is 5.14. The molecule has 0 N–H and O–H groups in total. The van der Waals surface area contributed by atoms with Gasteiger partial charge in [-0.25, -0.2) is 9.97 Å². The SMILES string of the molecule is CC1(C)c2ccccc2-c2cc3ccc4cc(-c5cc(-c6ccccc6-c6ccncc6)nc(-c6ccccc6)n5)ccc4c3cc21. The fourth-order valence-corrected chi connectivity index (χ4v) is 7.36. The average molecular weight is 602 g/mol. The van der Waals surface area contributed by atoms with Gasteiger partial charge in [0.15, 0.2) is 5.82 Å². The highest BCUT2D eigenvalue weighted by atomic mass is 14.9. The van der Waals surface area contributed by atoms with Crippen LogP contribution in [0.2, 0.25) is 0 Å². The summed E-state index contributed by atoms with van der Waals surface area (Å²) in [5.41, 5.74) is 12.6. The molecule has 1 aliphatic carbocycles.